The molecular weight excluding hydrogens is 346 g/mol. The van der Waals surface area contributed by atoms with E-state index >= 15 is 0 Å². The van der Waals surface area contributed by atoms with Crippen LogP contribution in [-0.2, 0) is 22.4 Å². The van der Waals surface area contributed by atoms with Crippen molar-refractivity contribution in [1.82, 2.24) is 9.88 Å². The largest absolute Gasteiger partial charge is 0.444 e. The van der Waals surface area contributed by atoms with E-state index in [0.717, 1.165) is 44.7 Å². The molecule has 0 spiro atoms. The molecule has 3 rings (SSSR count). The number of nitrogens with one attached hydrogen (secondary N) is 1. The van der Waals surface area contributed by atoms with Crippen molar-refractivity contribution in [1.29, 1.82) is 0 Å². The summed E-state index contributed by atoms with van der Waals surface area (Å²) in [5, 5.41) is 12.5. The number of hydrogen-bond acceptors (Lipinski definition) is 6. The molecule has 0 radical (unpaired) electrons. The maximum atomic E-state index is 12.1. The number of likely N-dealkylation sites (tertiary alicyclic amines) is 1. The van der Waals surface area contributed by atoms with E-state index in [-0.39, 0.29) is 6.10 Å². The van der Waals surface area contributed by atoms with E-state index in [1.54, 1.807) is 0 Å². The van der Waals surface area contributed by atoms with Crippen molar-refractivity contribution in [2.24, 2.45) is 5.92 Å². The van der Waals surface area contributed by atoms with Gasteiger partial charge in [-0.25, -0.2) is 9.78 Å². The number of aromatic nitrogens is 1. The molecule has 2 N–H and O–H groups in total. The lowest BCUT2D eigenvalue weighted by atomic mass is 9.97. The van der Waals surface area contributed by atoms with Gasteiger partial charge in [-0.1, -0.05) is 6.07 Å². The first-order valence-electron chi connectivity index (χ1n) is 9.75. The molecule has 1 aromatic rings. The number of amides is 1. The van der Waals surface area contributed by atoms with Crippen LogP contribution in [0.1, 0.15) is 44.9 Å². The number of anilines is 1. The Hall–Kier alpha value is -1.70. The summed E-state index contributed by atoms with van der Waals surface area (Å²) in [5.41, 5.74) is 1.58. The summed E-state index contributed by atoms with van der Waals surface area (Å²) in [6.45, 7) is 9.30. The van der Waals surface area contributed by atoms with Crippen molar-refractivity contribution in [2.45, 2.75) is 58.3 Å². The van der Waals surface area contributed by atoms with Gasteiger partial charge < -0.3 is 14.6 Å². The monoisotopic (exact) mass is 377 g/mol. The first-order chi connectivity index (χ1) is 12.8. The van der Waals surface area contributed by atoms with Crippen molar-refractivity contribution >= 4 is 11.9 Å². The van der Waals surface area contributed by atoms with E-state index in [1.807, 2.05) is 32.9 Å². The van der Waals surface area contributed by atoms with Crippen LogP contribution in [0, 0.1) is 5.92 Å². The molecule has 1 unspecified atom stereocenters. The third-order valence-corrected chi connectivity index (χ3v) is 4.85. The molecule has 2 aliphatic rings. The highest BCUT2D eigenvalue weighted by Crippen LogP contribution is 2.23. The van der Waals surface area contributed by atoms with Crippen LogP contribution in [0.4, 0.5) is 10.6 Å². The van der Waals surface area contributed by atoms with Gasteiger partial charge in [-0.05, 0) is 57.6 Å². The Kier molecular flexibility index (Phi) is 6.34. The lowest BCUT2D eigenvalue weighted by Crippen LogP contribution is -2.28. The molecule has 27 heavy (non-hydrogen) atoms. The van der Waals surface area contributed by atoms with E-state index in [0.29, 0.717) is 24.8 Å². The molecule has 0 aromatic carbocycles. The Morgan fingerprint density at radius 2 is 2.22 bits per heavy atom. The average molecular weight is 377 g/mol. The van der Waals surface area contributed by atoms with Gasteiger partial charge in [-0.3, -0.25) is 10.2 Å². The highest BCUT2D eigenvalue weighted by molar-refractivity contribution is 5.83. The molecule has 2 aliphatic heterocycles. The van der Waals surface area contributed by atoms with Gasteiger partial charge in [0, 0.05) is 32.8 Å². The van der Waals surface area contributed by atoms with Gasteiger partial charge in [0.25, 0.3) is 0 Å². The third-order valence-electron chi connectivity index (χ3n) is 4.85. The Balaban J connectivity index is 1.73. The Morgan fingerprint density at radius 1 is 1.41 bits per heavy atom. The molecule has 2 fully saturated rings. The van der Waals surface area contributed by atoms with E-state index in [1.165, 1.54) is 5.56 Å². The molecular formula is C20H31N3O4. The number of carbonyl (C=O) groups excluding carboxylic acids is 1. The summed E-state index contributed by atoms with van der Waals surface area (Å²) in [6, 6.07) is 3.87. The number of pyridine rings is 1. The van der Waals surface area contributed by atoms with Crippen LogP contribution < -0.4 is 5.32 Å². The van der Waals surface area contributed by atoms with Crippen molar-refractivity contribution in [3.05, 3.63) is 23.4 Å². The summed E-state index contributed by atoms with van der Waals surface area (Å²) >= 11 is 0. The summed E-state index contributed by atoms with van der Waals surface area (Å²) in [7, 11) is 0. The number of hydrogen-bond donors (Lipinski definition) is 2. The number of ether oxygens (including phenoxy) is 2. The van der Waals surface area contributed by atoms with Crippen molar-refractivity contribution in [3.63, 3.8) is 0 Å². The van der Waals surface area contributed by atoms with Crippen LogP contribution in [0.5, 0.6) is 0 Å². The van der Waals surface area contributed by atoms with E-state index in [9.17, 15) is 9.90 Å². The molecule has 2 atom stereocenters. The quantitative estimate of drug-likeness (QED) is 0.821. The minimum absolute atomic E-state index is 0.264. The van der Waals surface area contributed by atoms with E-state index < -0.39 is 11.7 Å². The zero-order chi connectivity index (χ0) is 19.4. The topological polar surface area (TPSA) is 83.9 Å². The summed E-state index contributed by atoms with van der Waals surface area (Å²) < 4.78 is 10.8. The van der Waals surface area contributed by atoms with Gasteiger partial charge in [-0.2, -0.15) is 0 Å². The van der Waals surface area contributed by atoms with Crippen LogP contribution in [0.2, 0.25) is 0 Å². The highest BCUT2D eigenvalue weighted by atomic mass is 16.6. The first-order valence-corrected chi connectivity index (χ1v) is 9.75. The lowest BCUT2D eigenvalue weighted by molar-refractivity contribution is 0.0635. The van der Waals surface area contributed by atoms with Gasteiger partial charge in [0.2, 0.25) is 0 Å². The second-order valence-electron chi connectivity index (χ2n) is 8.54. The van der Waals surface area contributed by atoms with Crippen LogP contribution in [0.3, 0.4) is 0 Å². The number of nitrogens with zero attached hydrogens (tertiary/aromatic N) is 2. The molecule has 0 saturated carbocycles. The number of aliphatic hydroxyl groups excluding tert-OH is 1. The van der Waals surface area contributed by atoms with Gasteiger partial charge in [0.15, 0.2) is 0 Å². The average Bonchev–Trinajstić information content (AvgIpc) is 3.20. The fourth-order valence-electron chi connectivity index (χ4n) is 3.55. The number of carbonyl (C=O) groups is 1. The lowest BCUT2D eigenvalue weighted by Gasteiger charge is -2.21. The van der Waals surface area contributed by atoms with Crippen LogP contribution in [0.25, 0.3) is 0 Å². The standard InChI is InChI=1S/C20H31N3O4/c1-20(2,3)27-19(25)22-18-5-4-15(10-14-7-9-26-13-14)17(21-18)12-23-8-6-16(24)11-23/h4-5,14,16,24H,6-13H2,1-3H3,(H,21,22,25)/t14?,16-/m1/s1. The molecule has 2 saturated heterocycles. The first kappa shape index (κ1) is 20.0. The van der Waals surface area contributed by atoms with Crippen LogP contribution in [0.15, 0.2) is 12.1 Å². The van der Waals surface area contributed by atoms with Gasteiger partial charge in [-0.15, -0.1) is 0 Å². The second kappa shape index (κ2) is 8.54. The number of aliphatic hydroxyl groups is 1. The maximum absolute atomic E-state index is 12.1. The SMILES string of the molecule is CC(C)(C)OC(=O)Nc1ccc(CC2CCOC2)c(CN2CC[C@@H](O)C2)n1. The second-order valence-corrected chi connectivity index (χ2v) is 8.54. The molecule has 7 heteroatoms. The summed E-state index contributed by atoms with van der Waals surface area (Å²) in [4.78, 5) is 19.0. The van der Waals surface area contributed by atoms with Crippen molar-refractivity contribution in [3.8, 4) is 0 Å². The van der Waals surface area contributed by atoms with Crippen LogP contribution in [-0.4, -0.2) is 59.1 Å². The predicted octanol–water partition coefficient (Wildman–Crippen LogP) is 2.57. The number of β-amino-alcohol motifs (C(OH)–C–C–N with tert-alkyl or cyclic N) is 1. The zero-order valence-corrected chi connectivity index (χ0v) is 16.5. The molecule has 3 heterocycles. The normalized spacial score (nSPS) is 23.6. The number of rotatable bonds is 5. The Morgan fingerprint density at radius 3 is 2.85 bits per heavy atom. The smallest absolute Gasteiger partial charge is 0.413 e. The zero-order valence-electron chi connectivity index (χ0n) is 16.5. The van der Waals surface area contributed by atoms with Gasteiger partial charge >= 0.3 is 6.09 Å². The molecule has 0 aliphatic carbocycles. The Labute approximate surface area is 161 Å². The minimum Gasteiger partial charge on any atom is -0.444 e. The maximum Gasteiger partial charge on any atom is 0.413 e. The summed E-state index contributed by atoms with van der Waals surface area (Å²) in [6.07, 6.45) is 2.02. The van der Waals surface area contributed by atoms with Crippen molar-refractivity contribution in [2.75, 3.05) is 31.6 Å². The molecule has 150 valence electrons. The predicted molar refractivity (Wildman–Crippen MR) is 103 cm³/mol. The fraction of sp³-hybridized carbons (Fsp3) is 0.700. The molecule has 1 aromatic heterocycles. The minimum atomic E-state index is -0.555. The molecule has 1 amide bonds. The van der Waals surface area contributed by atoms with Gasteiger partial charge in [0.05, 0.1) is 11.8 Å². The van der Waals surface area contributed by atoms with Crippen LogP contribution >= 0.6 is 0 Å². The summed E-state index contributed by atoms with van der Waals surface area (Å²) in [5.74, 6) is 1.00. The van der Waals surface area contributed by atoms with E-state index in [4.69, 9.17) is 14.5 Å². The van der Waals surface area contributed by atoms with Crippen molar-refractivity contribution < 1.29 is 19.4 Å². The third kappa shape index (κ3) is 6.16. The highest BCUT2D eigenvalue weighted by Gasteiger charge is 2.24. The fourth-order valence-corrected chi connectivity index (χ4v) is 3.55. The van der Waals surface area contributed by atoms with E-state index in [2.05, 4.69) is 10.2 Å². The molecule has 0 bridgehead atoms. The van der Waals surface area contributed by atoms with Gasteiger partial charge in [0.1, 0.15) is 11.4 Å². The Bertz CT molecular complexity index is 653. The molecule has 7 nitrogen and oxygen atoms in total.